The van der Waals surface area contributed by atoms with Gasteiger partial charge in [-0.1, -0.05) is 46.1 Å². The second-order valence-corrected chi connectivity index (χ2v) is 8.83. The molecule has 0 radical (unpaired) electrons. The number of benzene rings is 1. The molecule has 1 fully saturated rings. The van der Waals surface area contributed by atoms with Gasteiger partial charge in [-0.15, -0.1) is 0 Å². The molecule has 0 aliphatic heterocycles. The van der Waals surface area contributed by atoms with Gasteiger partial charge in [0.15, 0.2) is 0 Å². The Bertz CT molecular complexity index is 825. The Kier molecular flexibility index (Phi) is 5.84. The van der Waals surface area contributed by atoms with Crippen LogP contribution in [0.25, 0.3) is 10.9 Å². The lowest BCUT2D eigenvalue weighted by Gasteiger charge is -2.29. The molecule has 1 aromatic carbocycles. The van der Waals surface area contributed by atoms with E-state index in [-0.39, 0.29) is 11.5 Å². The average molecular weight is 366 g/mol. The second-order valence-electron chi connectivity index (χ2n) is 8.83. The number of nitrogens with zero attached hydrogens (tertiary/aromatic N) is 3. The smallest absolute Gasteiger partial charge is 0.225 e. The number of hydrogen-bond donors (Lipinski definition) is 2. The van der Waals surface area contributed by atoms with E-state index in [1.165, 1.54) is 32.1 Å². The molecule has 0 spiro atoms. The number of nitriles is 1. The number of rotatable bonds is 5. The molecule has 5 nitrogen and oxygen atoms in total. The number of anilines is 2. The summed E-state index contributed by atoms with van der Waals surface area (Å²) in [7, 11) is 0. The van der Waals surface area contributed by atoms with Gasteiger partial charge in [0.25, 0.3) is 0 Å². The minimum atomic E-state index is 0.0970. The molecule has 2 aromatic rings. The van der Waals surface area contributed by atoms with Crippen LogP contribution < -0.4 is 10.6 Å². The number of aromatic nitrogens is 2. The summed E-state index contributed by atoms with van der Waals surface area (Å²) in [6.45, 7) is 9.68. The van der Waals surface area contributed by atoms with Crippen LogP contribution in [-0.4, -0.2) is 22.6 Å². The second kappa shape index (κ2) is 8.12. The molecular weight excluding hydrogens is 334 g/mol. The molecule has 0 bridgehead atoms. The highest BCUT2D eigenvalue weighted by molar-refractivity contribution is 5.93. The number of hydrogen-bond acceptors (Lipinski definition) is 5. The van der Waals surface area contributed by atoms with Crippen molar-refractivity contribution < 1.29 is 0 Å². The van der Waals surface area contributed by atoms with Crippen LogP contribution in [-0.2, 0) is 0 Å². The van der Waals surface area contributed by atoms with E-state index in [1.807, 2.05) is 18.2 Å². The highest BCUT2D eigenvalue weighted by Crippen LogP contribution is 2.29. The Labute approximate surface area is 162 Å². The maximum Gasteiger partial charge on any atom is 0.225 e. The van der Waals surface area contributed by atoms with Crippen molar-refractivity contribution in [2.75, 3.05) is 17.2 Å². The Balaban J connectivity index is 1.92. The van der Waals surface area contributed by atoms with E-state index < -0.39 is 0 Å². The normalized spacial score (nSPS) is 16.7. The van der Waals surface area contributed by atoms with Gasteiger partial charge < -0.3 is 10.6 Å². The molecule has 2 N–H and O–H groups in total. The van der Waals surface area contributed by atoms with Gasteiger partial charge in [0.2, 0.25) is 5.95 Å². The van der Waals surface area contributed by atoms with E-state index in [1.54, 1.807) is 0 Å². The monoisotopic (exact) mass is 365 g/mol. The largest absolute Gasteiger partial charge is 0.366 e. The van der Waals surface area contributed by atoms with Gasteiger partial charge in [-0.25, -0.2) is 4.98 Å². The molecule has 1 unspecified atom stereocenters. The van der Waals surface area contributed by atoms with Crippen LogP contribution >= 0.6 is 0 Å². The predicted octanol–water partition coefficient (Wildman–Crippen LogP) is 5.34. The topological polar surface area (TPSA) is 73.6 Å². The molecule has 5 heteroatoms. The maximum atomic E-state index is 9.51. The molecule has 1 aromatic heterocycles. The molecule has 27 heavy (non-hydrogen) atoms. The van der Waals surface area contributed by atoms with Crippen LogP contribution in [0, 0.1) is 22.7 Å². The first kappa shape index (κ1) is 19.4. The van der Waals surface area contributed by atoms with E-state index in [0.717, 1.165) is 17.7 Å². The summed E-state index contributed by atoms with van der Waals surface area (Å²) in [4.78, 5) is 9.45. The van der Waals surface area contributed by atoms with Crippen molar-refractivity contribution in [3.05, 3.63) is 23.8 Å². The van der Waals surface area contributed by atoms with Crippen molar-refractivity contribution in [1.29, 1.82) is 5.26 Å². The Morgan fingerprint density at radius 1 is 1.19 bits per heavy atom. The van der Waals surface area contributed by atoms with Gasteiger partial charge in [-0.05, 0) is 43.2 Å². The van der Waals surface area contributed by atoms with E-state index >= 15 is 0 Å². The molecule has 1 saturated carbocycles. The maximum absolute atomic E-state index is 9.51. The van der Waals surface area contributed by atoms with Crippen molar-refractivity contribution in [1.82, 2.24) is 9.97 Å². The minimum absolute atomic E-state index is 0.0970. The first-order valence-electron chi connectivity index (χ1n) is 10.1. The van der Waals surface area contributed by atoms with Crippen molar-refractivity contribution in [3.8, 4) is 6.07 Å². The highest BCUT2D eigenvalue weighted by atomic mass is 15.2. The Hall–Kier alpha value is -2.35. The summed E-state index contributed by atoms with van der Waals surface area (Å²) < 4.78 is 0. The molecule has 144 valence electrons. The summed E-state index contributed by atoms with van der Waals surface area (Å²) >= 11 is 0. The van der Waals surface area contributed by atoms with Crippen LogP contribution in [0.4, 0.5) is 11.8 Å². The van der Waals surface area contributed by atoms with Gasteiger partial charge in [-0.2, -0.15) is 10.2 Å². The minimum Gasteiger partial charge on any atom is -0.366 e. The lowest BCUT2D eigenvalue weighted by atomic mass is 9.88. The van der Waals surface area contributed by atoms with Crippen LogP contribution in [0.15, 0.2) is 18.2 Å². The van der Waals surface area contributed by atoms with Gasteiger partial charge in [0.05, 0.1) is 11.1 Å². The van der Waals surface area contributed by atoms with Crippen LogP contribution in [0.5, 0.6) is 0 Å². The number of para-hydroxylation sites is 1. The van der Waals surface area contributed by atoms with Crippen molar-refractivity contribution in [3.63, 3.8) is 0 Å². The van der Waals surface area contributed by atoms with Gasteiger partial charge in [-0.3, -0.25) is 0 Å². The molecule has 1 aliphatic rings. The van der Waals surface area contributed by atoms with E-state index in [4.69, 9.17) is 4.98 Å². The third kappa shape index (κ3) is 4.68. The average Bonchev–Trinajstić information content (AvgIpc) is 2.66. The summed E-state index contributed by atoms with van der Waals surface area (Å²) in [5.41, 5.74) is 1.40. The fourth-order valence-electron chi connectivity index (χ4n) is 3.48. The first-order chi connectivity index (χ1) is 12.9. The summed E-state index contributed by atoms with van der Waals surface area (Å²) in [5.74, 6) is 2.10. The van der Waals surface area contributed by atoms with E-state index in [2.05, 4.69) is 49.4 Å². The van der Waals surface area contributed by atoms with Crippen LogP contribution in [0.2, 0.25) is 0 Å². The van der Waals surface area contributed by atoms with E-state index in [0.29, 0.717) is 22.9 Å². The highest BCUT2D eigenvalue weighted by Gasteiger charge is 2.22. The zero-order chi connectivity index (χ0) is 19.4. The number of nitrogens with one attached hydrogen (secondary N) is 2. The van der Waals surface area contributed by atoms with Gasteiger partial charge in [0.1, 0.15) is 11.9 Å². The lowest BCUT2D eigenvalue weighted by Crippen LogP contribution is -2.31. The quantitative estimate of drug-likeness (QED) is 0.748. The molecular formula is C22H31N5. The van der Waals surface area contributed by atoms with Gasteiger partial charge >= 0.3 is 0 Å². The van der Waals surface area contributed by atoms with Gasteiger partial charge in [0, 0.05) is 18.0 Å². The Morgan fingerprint density at radius 3 is 2.59 bits per heavy atom. The molecule has 1 aliphatic carbocycles. The molecule has 1 atom stereocenters. The molecule has 3 rings (SSSR count). The first-order valence-corrected chi connectivity index (χ1v) is 10.1. The molecule has 1 heterocycles. The fourth-order valence-corrected chi connectivity index (χ4v) is 3.48. The van der Waals surface area contributed by atoms with Crippen molar-refractivity contribution in [2.24, 2.45) is 11.3 Å². The lowest BCUT2D eigenvalue weighted by molar-refractivity contribution is 0.359. The van der Waals surface area contributed by atoms with Crippen LogP contribution in [0.1, 0.15) is 65.4 Å². The third-order valence-corrected chi connectivity index (χ3v) is 5.77. The standard InChI is InChI=1S/C22H31N5/c1-15(22(2,3)4)25-20-18-12-8-11-17(13-23)19(18)26-21(27-20)24-14-16-9-6-5-7-10-16/h8,11-12,15-16H,5-7,9-10,14H2,1-4H3,(H2,24,25,26,27). The zero-order valence-corrected chi connectivity index (χ0v) is 17.0. The summed E-state index contributed by atoms with van der Waals surface area (Å²) in [6.07, 6.45) is 6.54. The predicted molar refractivity (Wildman–Crippen MR) is 112 cm³/mol. The fraction of sp³-hybridized carbons (Fsp3) is 0.591. The van der Waals surface area contributed by atoms with E-state index in [9.17, 15) is 5.26 Å². The number of fused-ring (bicyclic) bond motifs is 1. The summed E-state index contributed by atoms with van der Waals surface area (Å²) in [6, 6.07) is 8.19. The summed E-state index contributed by atoms with van der Waals surface area (Å²) in [5, 5.41) is 17.4. The molecule has 0 saturated heterocycles. The SMILES string of the molecule is CC(Nc1nc(NCC2CCCCC2)nc2c(C#N)cccc12)C(C)(C)C. The van der Waals surface area contributed by atoms with Crippen molar-refractivity contribution in [2.45, 2.75) is 65.8 Å². The third-order valence-electron chi connectivity index (χ3n) is 5.77. The Morgan fingerprint density at radius 2 is 1.93 bits per heavy atom. The molecule has 0 amide bonds. The van der Waals surface area contributed by atoms with Crippen molar-refractivity contribution >= 4 is 22.7 Å². The zero-order valence-electron chi connectivity index (χ0n) is 17.0. The van der Waals surface area contributed by atoms with Crippen LogP contribution in [0.3, 0.4) is 0 Å².